The Kier molecular flexibility index (Phi) is 8.68. The number of hydrogen-bond donors (Lipinski definition) is 0. The second-order valence-corrected chi connectivity index (χ2v) is 10.2. The molecule has 3 aromatic carbocycles. The lowest BCUT2D eigenvalue weighted by molar-refractivity contribution is -0.138. The molecule has 1 atom stereocenters. The Bertz CT molecular complexity index is 1840. The molecule has 9 heteroatoms. The van der Waals surface area contributed by atoms with Crippen LogP contribution in [0.15, 0.2) is 101 Å². The predicted molar refractivity (Wildman–Crippen MR) is 163 cm³/mol. The van der Waals surface area contributed by atoms with E-state index in [9.17, 15) is 9.59 Å². The van der Waals surface area contributed by atoms with Crippen LogP contribution in [0.25, 0.3) is 11.8 Å². The first-order chi connectivity index (χ1) is 20.5. The maximum absolute atomic E-state index is 14.1. The highest BCUT2D eigenvalue weighted by Crippen LogP contribution is 2.38. The number of methoxy groups -OCH3 is 2. The van der Waals surface area contributed by atoms with Gasteiger partial charge in [0.25, 0.3) is 5.56 Å². The van der Waals surface area contributed by atoms with Crippen molar-refractivity contribution >= 4 is 29.1 Å². The molecule has 0 saturated carbocycles. The Labute approximate surface area is 247 Å². The number of nitrogens with zero attached hydrogens (tertiary/aromatic N) is 2. The molecule has 4 aromatic rings. The van der Waals surface area contributed by atoms with E-state index in [2.05, 4.69) is 6.58 Å². The van der Waals surface area contributed by atoms with Crippen molar-refractivity contribution in [3.05, 3.63) is 127 Å². The van der Waals surface area contributed by atoms with Gasteiger partial charge in [-0.3, -0.25) is 9.36 Å². The minimum atomic E-state index is -0.834. The molecule has 0 spiro atoms. The minimum absolute atomic E-state index is 0.164. The van der Waals surface area contributed by atoms with Crippen molar-refractivity contribution in [2.24, 2.45) is 4.99 Å². The van der Waals surface area contributed by atoms with E-state index in [1.807, 2.05) is 60.7 Å². The minimum Gasteiger partial charge on any atom is -0.493 e. The predicted octanol–water partition coefficient (Wildman–Crippen LogP) is 4.52. The standard InChI is InChI=1S/C33H30N2O6S/c1-5-17-41-24-14-10-11-21(18-24)19-27-31(36)35-30(23-15-16-25(38-3)26(20-23)39-4)28(32(37)40-6-2)29(34-33(35)42-27)22-12-8-7-9-13-22/h5,7-16,18-20,30H,1,6,17H2,2-4H3/b27-19-/t30-/m0/s1. The summed E-state index contributed by atoms with van der Waals surface area (Å²) < 4.78 is 24.2. The van der Waals surface area contributed by atoms with Crippen molar-refractivity contribution in [2.45, 2.75) is 13.0 Å². The summed E-state index contributed by atoms with van der Waals surface area (Å²) >= 11 is 1.25. The molecule has 8 nitrogen and oxygen atoms in total. The van der Waals surface area contributed by atoms with E-state index >= 15 is 0 Å². The van der Waals surface area contributed by atoms with Crippen LogP contribution in [0, 0.1) is 0 Å². The molecule has 0 saturated heterocycles. The molecule has 1 aromatic heterocycles. The monoisotopic (exact) mass is 582 g/mol. The van der Waals surface area contributed by atoms with Crippen molar-refractivity contribution in [3.8, 4) is 17.2 Å². The number of fused-ring (bicyclic) bond motifs is 1. The van der Waals surface area contributed by atoms with Crippen LogP contribution in [-0.2, 0) is 9.53 Å². The number of rotatable bonds is 10. The topological polar surface area (TPSA) is 88.3 Å². The lowest BCUT2D eigenvalue weighted by Crippen LogP contribution is -2.40. The van der Waals surface area contributed by atoms with Crippen molar-refractivity contribution in [1.29, 1.82) is 0 Å². The maximum Gasteiger partial charge on any atom is 0.338 e. The SMILES string of the molecule is C=CCOc1cccc(/C=c2\sc3n(c2=O)[C@@H](c2ccc(OC)c(OC)c2)C(C(=O)OCC)=C(c2ccccc2)N=3)c1. The molecule has 0 fully saturated rings. The molecule has 1 aliphatic rings. The van der Waals surface area contributed by atoms with Crippen LogP contribution in [0.4, 0.5) is 0 Å². The van der Waals surface area contributed by atoms with Gasteiger partial charge in [-0.15, -0.1) is 0 Å². The highest BCUT2D eigenvalue weighted by molar-refractivity contribution is 7.07. The van der Waals surface area contributed by atoms with Gasteiger partial charge in [0.2, 0.25) is 0 Å². The summed E-state index contributed by atoms with van der Waals surface area (Å²) in [4.78, 5) is 33.1. The zero-order valence-corrected chi connectivity index (χ0v) is 24.4. The fraction of sp³-hybridized carbons (Fsp3) is 0.182. The summed E-state index contributed by atoms with van der Waals surface area (Å²) in [5, 5.41) is 0. The van der Waals surface area contributed by atoms with Gasteiger partial charge in [0, 0.05) is 5.56 Å². The molecule has 2 heterocycles. The number of esters is 1. The third-order valence-corrected chi connectivity index (χ3v) is 7.60. The lowest BCUT2D eigenvalue weighted by atomic mass is 9.93. The molecular formula is C33H30N2O6S. The van der Waals surface area contributed by atoms with Crippen LogP contribution >= 0.6 is 11.3 Å². The van der Waals surface area contributed by atoms with E-state index in [-0.39, 0.29) is 17.7 Å². The fourth-order valence-electron chi connectivity index (χ4n) is 4.78. The number of carbonyl (C=O) groups is 1. The molecule has 5 rings (SSSR count). The molecule has 0 amide bonds. The van der Waals surface area contributed by atoms with Crippen molar-refractivity contribution in [2.75, 3.05) is 27.4 Å². The largest absolute Gasteiger partial charge is 0.493 e. The Balaban J connectivity index is 1.79. The van der Waals surface area contributed by atoms with Crippen molar-refractivity contribution < 1.29 is 23.7 Å². The number of ether oxygens (including phenoxy) is 4. The maximum atomic E-state index is 14.1. The van der Waals surface area contributed by atoms with Gasteiger partial charge < -0.3 is 18.9 Å². The Hall–Kier alpha value is -4.89. The first-order valence-electron chi connectivity index (χ1n) is 13.3. The molecule has 0 unspecified atom stereocenters. The van der Waals surface area contributed by atoms with E-state index in [0.29, 0.717) is 44.4 Å². The molecule has 214 valence electrons. The molecule has 0 aliphatic carbocycles. The van der Waals surface area contributed by atoms with E-state index in [0.717, 1.165) is 11.1 Å². The molecule has 0 bridgehead atoms. The third kappa shape index (κ3) is 5.64. The van der Waals surface area contributed by atoms with E-state index < -0.39 is 12.0 Å². The molecule has 0 radical (unpaired) electrons. The molecule has 42 heavy (non-hydrogen) atoms. The van der Waals surface area contributed by atoms with Crippen molar-refractivity contribution in [1.82, 2.24) is 4.57 Å². The Morgan fingerprint density at radius 3 is 2.52 bits per heavy atom. The number of aromatic nitrogens is 1. The summed E-state index contributed by atoms with van der Waals surface area (Å²) in [7, 11) is 3.09. The van der Waals surface area contributed by atoms with Gasteiger partial charge in [0.1, 0.15) is 12.4 Å². The summed E-state index contributed by atoms with van der Waals surface area (Å²) in [5.74, 6) is 1.10. The highest BCUT2D eigenvalue weighted by Gasteiger charge is 2.35. The number of hydrogen-bond acceptors (Lipinski definition) is 8. The van der Waals surface area contributed by atoms with Crippen LogP contribution in [-0.4, -0.2) is 38.0 Å². The highest BCUT2D eigenvalue weighted by atomic mass is 32.1. The second kappa shape index (κ2) is 12.7. The smallest absolute Gasteiger partial charge is 0.338 e. The van der Waals surface area contributed by atoms with Gasteiger partial charge in [-0.1, -0.05) is 72.5 Å². The van der Waals surface area contributed by atoms with Gasteiger partial charge in [-0.25, -0.2) is 9.79 Å². The van der Waals surface area contributed by atoms with Crippen LogP contribution in [0.1, 0.15) is 29.7 Å². The van der Waals surface area contributed by atoms with Crippen LogP contribution in [0.3, 0.4) is 0 Å². The van der Waals surface area contributed by atoms with Gasteiger partial charge >= 0.3 is 5.97 Å². The van der Waals surface area contributed by atoms with Crippen LogP contribution in [0.5, 0.6) is 17.2 Å². The first kappa shape index (κ1) is 28.6. The van der Waals surface area contributed by atoms with Crippen molar-refractivity contribution in [3.63, 3.8) is 0 Å². The average molecular weight is 583 g/mol. The van der Waals surface area contributed by atoms with Gasteiger partial charge in [0.05, 0.1) is 42.7 Å². The van der Waals surface area contributed by atoms with Crippen LogP contribution in [0.2, 0.25) is 0 Å². The zero-order valence-electron chi connectivity index (χ0n) is 23.5. The Morgan fingerprint density at radius 1 is 1.02 bits per heavy atom. The summed E-state index contributed by atoms with van der Waals surface area (Å²) in [6.07, 6.45) is 3.47. The van der Waals surface area contributed by atoms with E-state index in [1.165, 1.54) is 18.4 Å². The van der Waals surface area contributed by atoms with Gasteiger partial charge in [-0.05, 0) is 48.4 Å². The number of thiazole rings is 1. The zero-order chi connectivity index (χ0) is 29.6. The molecule has 1 aliphatic heterocycles. The van der Waals surface area contributed by atoms with E-state index in [1.54, 1.807) is 42.9 Å². The van der Waals surface area contributed by atoms with Gasteiger partial charge in [-0.2, -0.15) is 0 Å². The molecular weight excluding hydrogens is 552 g/mol. The number of carbonyl (C=O) groups excluding carboxylic acids is 1. The lowest BCUT2D eigenvalue weighted by Gasteiger charge is -2.26. The fourth-order valence-corrected chi connectivity index (χ4v) is 5.78. The number of benzene rings is 3. The van der Waals surface area contributed by atoms with Gasteiger partial charge in [0.15, 0.2) is 16.3 Å². The summed E-state index contributed by atoms with van der Waals surface area (Å²) in [6.45, 7) is 5.97. The average Bonchev–Trinajstić information content (AvgIpc) is 3.33. The third-order valence-electron chi connectivity index (χ3n) is 6.62. The normalized spacial score (nSPS) is 14.5. The van der Waals surface area contributed by atoms with E-state index in [4.69, 9.17) is 23.9 Å². The molecule has 0 N–H and O–H groups in total. The first-order valence-corrected chi connectivity index (χ1v) is 14.1. The Morgan fingerprint density at radius 2 is 1.81 bits per heavy atom. The van der Waals surface area contributed by atoms with Crippen LogP contribution < -0.4 is 29.1 Å². The second-order valence-electron chi connectivity index (χ2n) is 9.22. The quantitative estimate of drug-likeness (QED) is 0.202. The summed E-state index contributed by atoms with van der Waals surface area (Å²) in [5.41, 5.74) is 2.58. The summed E-state index contributed by atoms with van der Waals surface area (Å²) in [6, 6.07) is 21.4.